The number of nitrogens with one attached hydrogen (secondary N) is 1. The molecule has 1 aromatic heterocycles. The first kappa shape index (κ1) is 21.4. The van der Waals surface area contributed by atoms with E-state index in [2.05, 4.69) is 39.1 Å². The highest BCUT2D eigenvalue weighted by Crippen LogP contribution is 2.53. The Bertz CT molecular complexity index is 1120. The second kappa shape index (κ2) is 6.91. The second-order valence-electron chi connectivity index (χ2n) is 9.22. The van der Waals surface area contributed by atoms with E-state index in [1.54, 1.807) is 10.8 Å². The molecule has 7 heteroatoms. The molecule has 1 aliphatic carbocycles. The molecule has 7 nitrogen and oxygen atoms in total. The summed E-state index contributed by atoms with van der Waals surface area (Å²) in [4.78, 5) is 24.5. The van der Waals surface area contributed by atoms with Crippen molar-refractivity contribution in [2.45, 2.75) is 58.8 Å². The number of esters is 1. The number of hydrogen-bond donors (Lipinski definition) is 2. The molecule has 0 saturated heterocycles. The number of fused-ring (bicyclic) bond motifs is 1. The molecule has 0 unspecified atom stereocenters. The predicted octanol–water partition coefficient (Wildman–Crippen LogP) is 3.94. The molecule has 0 saturated carbocycles. The third-order valence-corrected chi connectivity index (χ3v) is 5.94. The highest BCUT2D eigenvalue weighted by Gasteiger charge is 2.45. The molecule has 3 rings (SSSR count). The minimum absolute atomic E-state index is 0.0810. The molecule has 0 spiro atoms. The molecule has 0 atom stereocenters. The summed E-state index contributed by atoms with van der Waals surface area (Å²) in [5, 5.41) is 12.4. The van der Waals surface area contributed by atoms with Crippen molar-refractivity contribution in [1.29, 1.82) is 5.26 Å². The van der Waals surface area contributed by atoms with Crippen molar-refractivity contribution in [1.82, 2.24) is 4.57 Å². The Balaban J connectivity index is 2.51. The quantitative estimate of drug-likeness (QED) is 0.747. The van der Waals surface area contributed by atoms with Crippen molar-refractivity contribution >= 4 is 23.3 Å². The van der Waals surface area contributed by atoms with Gasteiger partial charge in [0, 0.05) is 18.8 Å². The molecule has 1 heterocycles. The topological polar surface area (TPSA) is 110 Å². The fourth-order valence-electron chi connectivity index (χ4n) is 4.99. The third-order valence-electron chi connectivity index (χ3n) is 5.94. The Morgan fingerprint density at radius 2 is 1.90 bits per heavy atom. The summed E-state index contributed by atoms with van der Waals surface area (Å²) in [7, 11) is 1.28. The lowest BCUT2D eigenvalue weighted by Gasteiger charge is -2.26. The van der Waals surface area contributed by atoms with E-state index in [0.717, 1.165) is 28.8 Å². The van der Waals surface area contributed by atoms with Crippen molar-refractivity contribution in [3.05, 3.63) is 40.2 Å². The van der Waals surface area contributed by atoms with E-state index in [9.17, 15) is 14.9 Å². The van der Waals surface area contributed by atoms with Gasteiger partial charge in [-0.25, -0.2) is 4.79 Å². The van der Waals surface area contributed by atoms with Crippen molar-refractivity contribution in [3.63, 3.8) is 0 Å². The van der Waals surface area contributed by atoms with Gasteiger partial charge in [0.1, 0.15) is 6.07 Å². The van der Waals surface area contributed by atoms with Gasteiger partial charge in [0.25, 0.3) is 0 Å². The fraction of sp³-hybridized carbons (Fsp3) is 0.435. The van der Waals surface area contributed by atoms with Crippen LogP contribution in [0.15, 0.2) is 12.3 Å². The van der Waals surface area contributed by atoms with Crippen molar-refractivity contribution in [2.24, 2.45) is 0 Å². The standard InChI is InChI=1S/C23H28N4O3/c1-12-16(26-13(2)28)8-15-17(23(5,6)11-22(15,3)4)19(12)27-10-14(9-24)18(25)20(27)21(29)30-7/h8,10H,11,25H2,1-7H3,(H,26,28). The Morgan fingerprint density at radius 3 is 2.43 bits per heavy atom. The second-order valence-corrected chi connectivity index (χ2v) is 9.22. The Hall–Kier alpha value is -3.27. The number of carbonyl (C=O) groups excluding carboxylic acids is 2. The molecule has 0 aliphatic heterocycles. The van der Waals surface area contributed by atoms with Crippen LogP contribution in [0.3, 0.4) is 0 Å². The maximum atomic E-state index is 12.6. The van der Waals surface area contributed by atoms with Crippen LogP contribution in [0, 0.1) is 18.3 Å². The lowest BCUT2D eigenvalue weighted by atomic mass is 9.81. The first-order valence-electron chi connectivity index (χ1n) is 9.81. The zero-order valence-electron chi connectivity index (χ0n) is 18.6. The number of aromatic nitrogens is 1. The van der Waals surface area contributed by atoms with Crippen LogP contribution in [0.2, 0.25) is 0 Å². The molecule has 0 fully saturated rings. The van der Waals surface area contributed by atoms with Gasteiger partial charge in [-0.2, -0.15) is 5.26 Å². The molecule has 2 aromatic rings. The van der Waals surface area contributed by atoms with Crippen LogP contribution in [0.5, 0.6) is 0 Å². The van der Waals surface area contributed by atoms with Crippen LogP contribution in [0.25, 0.3) is 5.69 Å². The number of nitrogen functional groups attached to an aromatic ring is 1. The number of hydrogen-bond acceptors (Lipinski definition) is 5. The van der Waals surface area contributed by atoms with Gasteiger partial charge in [0.2, 0.25) is 5.91 Å². The van der Waals surface area contributed by atoms with Crippen LogP contribution in [0.1, 0.15) is 73.8 Å². The number of rotatable bonds is 3. The summed E-state index contributed by atoms with van der Waals surface area (Å²) < 4.78 is 6.62. The maximum Gasteiger partial charge on any atom is 0.357 e. The van der Waals surface area contributed by atoms with E-state index in [1.807, 2.05) is 13.0 Å². The van der Waals surface area contributed by atoms with Gasteiger partial charge in [-0.05, 0) is 46.9 Å². The summed E-state index contributed by atoms with van der Waals surface area (Å²) in [6.07, 6.45) is 2.46. The van der Waals surface area contributed by atoms with Crippen LogP contribution in [-0.4, -0.2) is 23.6 Å². The van der Waals surface area contributed by atoms with Gasteiger partial charge >= 0.3 is 5.97 Å². The van der Waals surface area contributed by atoms with Crippen molar-refractivity contribution in [2.75, 3.05) is 18.2 Å². The SMILES string of the molecule is COC(=O)c1c(N)c(C#N)cn1-c1c(C)c(NC(C)=O)cc2c1C(C)(C)CC2(C)C. The summed E-state index contributed by atoms with van der Waals surface area (Å²) in [6.45, 7) is 12.0. The first-order valence-corrected chi connectivity index (χ1v) is 9.81. The van der Waals surface area contributed by atoms with E-state index in [-0.39, 0.29) is 33.7 Å². The first-order chi connectivity index (χ1) is 13.9. The van der Waals surface area contributed by atoms with Crippen LogP contribution >= 0.6 is 0 Å². The minimum atomic E-state index is -0.623. The average Bonchev–Trinajstić information content (AvgIpc) is 3.05. The summed E-state index contributed by atoms with van der Waals surface area (Å²) in [6, 6.07) is 4.08. The van der Waals surface area contributed by atoms with Gasteiger partial charge in [0.15, 0.2) is 5.69 Å². The van der Waals surface area contributed by atoms with Crippen LogP contribution in [-0.2, 0) is 20.4 Å². The number of benzene rings is 1. The van der Waals surface area contributed by atoms with Crippen molar-refractivity contribution in [3.8, 4) is 11.8 Å². The molecule has 3 N–H and O–H groups in total. The molecular weight excluding hydrogens is 380 g/mol. The molecule has 0 radical (unpaired) electrons. The molecule has 1 aliphatic rings. The van der Waals surface area contributed by atoms with E-state index in [1.165, 1.54) is 14.0 Å². The smallest absolute Gasteiger partial charge is 0.357 e. The van der Waals surface area contributed by atoms with Gasteiger partial charge in [0.05, 0.1) is 24.0 Å². The molecule has 1 aromatic carbocycles. The number of carbonyl (C=O) groups is 2. The molecule has 158 valence electrons. The van der Waals surface area contributed by atoms with Gasteiger partial charge in [-0.3, -0.25) is 4.79 Å². The largest absolute Gasteiger partial charge is 0.464 e. The zero-order chi connectivity index (χ0) is 22.6. The Kier molecular flexibility index (Phi) is 4.94. The summed E-state index contributed by atoms with van der Waals surface area (Å²) >= 11 is 0. The van der Waals surface area contributed by atoms with Crippen LogP contribution < -0.4 is 11.1 Å². The minimum Gasteiger partial charge on any atom is -0.464 e. The van der Waals surface area contributed by atoms with E-state index < -0.39 is 5.97 Å². The number of ether oxygens (including phenoxy) is 1. The highest BCUT2D eigenvalue weighted by molar-refractivity contribution is 5.97. The molecular formula is C23H28N4O3. The maximum absolute atomic E-state index is 12.6. The Labute approximate surface area is 176 Å². The van der Waals surface area contributed by atoms with Crippen molar-refractivity contribution < 1.29 is 14.3 Å². The zero-order valence-corrected chi connectivity index (χ0v) is 18.6. The fourth-order valence-corrected chi connectivity index (χ4v) is 4.99. The van der Waals surface area contributed by atoms with E-state index >= 15 is 0 Å². The number of nitrogens with zero attached hydrogens (tertiary/aromatic N) is 2. The number of nitrogens with two attached hydrogens (primary N) is 1. The van der Waals surface area contributed by atoms with Gasteiger partial charge in [-0.15, -0.1) is 0 Å². The summed E-state index contributed by atoms with van der Waals surface area (Å²) in [5.74, 6) is -0.806. The molecule has 30 heavy (non-hydrogen) atoms. The number of nitriles is 1. The number of anilines is 2. The molecule has 0 bridgehead atoms. The Morgan fingerprint density at radius 1 is 1.27 bits per heavy atom. The monoisotopic (exact) mass is 408 g/mol. The third kappa shape index (κ3) is 3.13. The van der Waals surface area contributed by atoms with Gasteiger partial charge < -0.3 is 20.4 Å². The van der Waals surface area contributed by atoms with E-state index in [0.29, 0.717) is 5.69 Å². The lowest BCUT2D eigenvalue weighted by molar-refractivity contribution is -0.114. The van der Waals surface area contributed by atoms with E-state index in [4.69, 9.17) is 10.5 Å². The average molecular weight is 409 g/mol. The lowest BCUT2D eigenvalue weighted by Crippen LogP contribution is -2.20. The normalized spacial score (nSPS) is 15.9. The predicted molar refractivity (Wildman–Crippen MR) is 116 cm³/mol. The summed E-state index contributed by atoms with van der Waals surface area (Å²) in [5.41, 5.74) is 10.6. The highest BCUT2D eigenvalue weighted by atomic mass is 16.5. The molecule has 1 amide bonds. The number of methoxy groups -OCH3 is 1. The van der Waals surface area contributed by atoms with Crippen LogP contribution in [0.4, 0.5) is 11.4 Å². The van der Waals surface area contributed by atoms with Gasteiger partial charge in [-0.1, -0.05) is 27.7 Å². The number of amides is 1.